The van der Waals surface area contributed by atoms with Crippen molar-refractivity contribution < 1.29 is 0 Å². The first-order valence-electron chi connectivity index (χ1n) is 8.15. The van der Waals surface area contributed by atoms with Crippen LogP contribution in [0.15, 0.2) is 46.9 Å². The molecule has 1 aromatic heterocycles. The summed E-state index contributed by atoms with van der Waals surface area (Å²) in [5, 5.41) is 12.8. The van der Waals surface area contributed by atoms with Gasteiger partial charge in [0.1, 0.15) is 0 Å². The Kier molecular flexibility index (Phi) is 6.42. The third kappa shape index (κ3) is 5.02. The SMILES string of the molecule is Cc1nn(Cc2ccc(Cl)cc2Cl)c(C)c1NC(=S)Nc1ccc(Br)cc1. The Morgan fingerprint density at radius 2 is 1.81 bits per heavy atom. The molecule has 0 unspecified atom stereocenters. The molecular weight excluding hydrogens is 467 g/mol. The molecule has 0 aliphatic rings. The van der Waals surface area contributed by atoms with Gasteiger partial charge in [-0.25, -0.2) is 0 Å². The van der Waals surface area contributed by atoms with Crippen LogP contribution in [0.4, 0.5) is 11.4 Å². The summed E-state index contributed by atoms with van der Waals surface area (Å²) in [7, 11) is 0. The lowest BCUT2D eigenvalue weighted by Crippen LogP contribution is -2.20. The van der Waals surface area contributed by atoms with E-state index < -0.39 is 0 Å². The highest BCUT2D eigenvalue weighted by Gasteiger charge is 2.14. The molecule has 3 rings (SSSR count). The average molecular weight is 484 g/mol. The fourth-order valence-electron chi connectivity index (χ4n) is 2.65. The van der Waals surface area contributed by atoms with E-state index >= 15 is 0 Å². The zero-order chi connectivity index (χ0) is 19.6. The molecule has 0 aliphatic carbocycles. The van der Waals surface area contributed by atoms with Gasteiger partial charge in [-0.05, 0) is 68.0 Å². The van der Waals surface area contributed by atoms with E-state index in [-0.39, 0.29) is 0 Å². The smallest absolute Gasteiger partial charge is 0.175 e. The summed E-state index contributed by atoms with van der Waals surface area (Å²) in [6.07, 6.45) is 0. The van der Waals surface area contributed by atoms with Gasteiger partial charge in [0, 0.05) is 20.2 Å². The maximum absolute atomic E-state index is 6.29. The molecule has 0 atom stereocenters. The fraction of sp³-hybridized carbons (Fsp3) is 0.158. The summed E-state index contributed by atoms with van der Waals surface area (Å²) in [4.78, 5) is 0. The second kappa shape index (κ2) is 8.61. The molecule has 0 amide bonds. The van der Waals surface area contributed by atoms with Gasteiger partial charge in [-0.3, -0.25) is 4.68 Å². The van der Waals surface area contributed by atoms with E-state index in [0.717, 1.165) is 32.8 Å². The molecule has 140 valence electrons. The number of thiocarbonyl (C=S) groups is 1. The first-order valence-corrected chi connectivity index (χ1v) is 10.1. The van der Waals surface area contributed by atoms with Crippen LogP contribution in [0.5, 0.6) is 0 Å². The first kappa shape index (κ1) is 20.1. The lowest BCUT2D eigenvalue weighted by atomic mass is 10.2. The van der Waals surface area contributed by atoms with E-state index in [1.807, 2.05) is 54.9 Å². The number of nitrogens with one attached hydrogen (secondary N) is 2. The maximum atomic E-state index is 6.29. The fourth-order valence-corrected chi connectivity index (χ4v) is 3.60. The Morgan fingerprint density at radius 1 is 1.11 bits per heavy atom. The number of hydrogen-bond donors (Lipinski definition) is 2. The zero-order valence-corrected chi connectivity index (χ0v) is 18.6. The van der Waals surface area contributed by atoms with Crippen LogP contribution < -0.4 is 10.6 Å². The lowest BCUT2D eigenvalue weighted by molar-refractivity contribution is 0.659. The van der Waals surface area contributed by atoms with Crippen LogP contribution in [-0.4, -0.2) is 14.9 Å². The van der Waals surface area contributed by atoms with Gasteiger partial charge in [0.25, 0.3) is 0 Å². The number of aromatic nitrogens is 2. The van der Waals surface area contributed by atoms with Gasteiger partial charge >= 0.3 is 0 Å². The highest BCUT2D eigenvalue weighted by atomic mass is 79.9. The molecule has 0 fully saturated rings. The molecular formula is C19H17BrCl2N4S. The Labute approximate surface area is 182 Å². The maximum Gasteiger partial charge on any atom is 0.175 e. The standard InChI is InChI=1S/C19H17BrCl2N4S/c1-11-18(24-19(27)23-16-7-4-14(20)5-8-16)12(2)26(25-11)10-13-3-6-15(21)9-17(13)22/h3-9H,10H2,1-2H3,(H2,23,24,27). The minimum atomic E-state index is 0.507. The van der Waals surface area contributed by atoms with Crippen molar-refractivity contribution in [3.8, 4) is 0 Å². The van der Waals surface area contributed by atoms with Gasteiger partial charge in [0.05, 0.1) is 23.6 Å². The van der Waals surface area contributed by atoms with Gasteiger partial charge < -0.3 is 10.6 Å². The monoisotopic (exact) mass is 482 g/mol. The van der Waals surface area contributed by atoms with E-state index in [2.05, 4.69) is 31.7 Å². The zero-order valence-electron chi connectivity index (χ0n) is 14.7. The van der Waals surface area contributed by atoms with Crippen LogP contribution in [0, 0.1) is 13.8 Å². The summed E-state index contributed by atoms with van der Waals surface area (Å²) in [5.41, 5.74) is 4.57. The van der Waals surface area contributed by atoms with Crippen molar-refractivity contribution in [2.24, 2.45) is 0 Å². The first-order chi connectivity index (χ1) is 12.8. The van der Waals surface area contributed by atoms with Crippen LogP contribution in [0.2, 0.25) is 10.0 Å². The molecule has 8 heteroatoms. The van der Waals surface area contributed by atoms with Crippen LogP contribution in [0.3, 0.4) is 0 Å². The topological polar surface area (TPSA) is 41.9 Å². The number of nitrogens with zero attached hydrogens (tertiary/aromatic N) is 2. The lowest BCUT2D eigenvalue weighted by Gasteiger charge is -2.12. The number of benzene rings is 2. The van der Waals surface area contributed by atoms with Crippen LogP contribution in [0.1, 0.15) is 17.0 Å². The number of rotatable bonds is 4. The summed E-state index contributed by atoms with van der Waals surface area (Å²) >= 11 is 21.1. The molecule has 0 saturated carbocycles. The van der Waals surface area contributed by atoms with Crippen molar-refractivity contribution in [2.45, 2.75) is 20.4 Å². The third-order valence-corrected chi connectivity index (χ3v) is 5.38. The van der Waals surface area contributed by atoms with Gasteiger partial charge in [-0.2, -0.15) is 5.10 Å². The third-order valence-electron chi connectivity index (χ3n) is 4.06. The normalized spacial score (nSPS) is 10.7. The summed E-state index contributed by atoms with van der Waals surface area (Å²) < 4.78 is 2.91. The van der Waals surface area contributed by atoms with Crippen molar-refractivity contribution in [1.29, 1.82) is 0 Å². The molecule has 0 spiro atoms. The summed E-state index contributed by atoms with van der Waals surface area (Å²) in [5.74, 6) is 0. The highest BCUT2D eigenvalue weighted by Crippen LogP contribution is 2.25. The average Bonchev–Trinajstić information content (AvgIpc) is 2.87. The predicted octanol–water partition coefficient (Wildman–Crippen LogP) is 6.43. The van der Waals surface area contributed by atoms with E-state index in [9.17, 15) is 0 Å². The number of aryl methyl sites for hydroxylation is 1. The highest BCUT2D eigenvalue weighted by molar-refractivity contribution is 9.10. The second-order valence-electron chi connectivity index (χ2n) is 6.03. The number of hydrogen-bond acceptors (Lipinski definition) is 2. The van der Waals surface area contributed by atoms with Crippen LogP contribution >= 0.6 is 51.3 Å². The minimum Gasteiger partial charge on any atom is -0.332 e. The van der Waals surface area contributed by atoms with Crippen LogP contribution in [-0.2, 0) is 6.54 Å². The van der Waals surface area contributed by atoms with Crippen molar-refractivity contribution in [2.75, 3.05) is 10.6 Å². The Morgan fingerprint density at radius 3 is 2.48 bits per heavy atom. The minimum absolute atomic E-state index is 0.507. The molecule has 0 saturated heterocycles. The molecule has 2 N–H and O–H groups in total. The van der Waals surface area contributed by atoms with E-state index in [1.165, 1.54) is 0 Å². The van der Waals surface area contributed by atoms with E-state index in [4.69, 9.17) is 35.4 Å². The largest absolute Gasteiger partial charge is 0.332 e. The van der Waals surface area contributed by atoms with Crippen LogP contribution in [0.25, 0.3) is 0 Å². The molecule has 27 heavy (non-hydrogen) atoms. The molecule has 0 bridgehead atoms. The summed E-state index contributed by atoms with van der Waals surface area (Å²) in [6, 6.07) is 13.3. The molecule has 1 heterocycles. The molecule has 0 aliphatic heterocycles. The Balaban J connectivity index is 1.75. The van der Waals surface area contributed by atoms with Gasteiger partial charge in [-0.15, -0.1) is 0 Å². The Bertz CT molecular complexity index is 986. The molecule has 3 aromatic rings. The number of anilines is 2. The number of halogens is 3. The van der Waals surface area contributed by atoms with Gasteiger partial charge in [-0.1, -0.05) is 45.2 Å². The van der Waals surface area contributed by atoms with E-state index in [1.54, 1.807) is 6.07 Å². The predicted molar refractivity (Wildman–Crippen MR) is 121 cm³/mol. The van der Waals surface area contributed by atoms with Gasteiger partial charge in [0.15, 0.2) is 5.11 Å². The summed E-state index contributed by atoms with van der Waals surface area (Å²) in [6.45, 7) is 4.49. The van der Waals surface area contributed by atoms with Crippen molar-refractivity contribution in [1.82, 2.24) is 9.78 Å². The van der Waals surface area contributed by atoms with Gasteiger partial charge in [0.2, 0.25) is 0 Å². The van der Waals surface area contributed by atoms with Crippen molar-refractivity contribution in [3.05, 3.63) is 73.9 Å². The van der Waals surface area contributed by atoms with Crippen molar-refractivity contribution >= 4 is 67.8 Å². The molecule has 0 radical (unpaired) electrons. The van der Waals surface area contributed by atoms with Crippen molar-refractivity contribution in [3.63, 3.8) is 0 Å². The van der Waals surface area contributed by atoms with E-state index in [0.29, 0.717) is 21.7 Å². The Hall–Kier alpha value is -1.60. The molecule has 2 aromatic carbocycles. The quantitative estimate of drug-likeness (QED) is 0.419. The molecule has 4 nitrogen and oxygen atoms in total. The second-order valence-corrected chi connectivity index (χ2v) is 8.19.